The highest BCUT2D eigenvalue weighted by molar-refractivity contribution is 7.26. The molecule has 3 nitrogen and oxygen atoms in total. The van der Waals surface area contributed by atoms with E-state index in [1.807, 2.05) is 11.3 Å². The minimum absolute atomic E-state index is 0.154. The summed E-state index contributed by atoms with van der Waals surface area (Å²) in [6.07, 6.45) is 0. The summed E-state index contributed by atoms with van der Waals surface area (Å²) in [5.41, 5.74) is 12.9. The van der Waals surface area contributed by atoms with Gasteiger partial charge in [-0.15, -0.1) is 11.3 Å². The molecule has 64 heavy (non-hydrogen) atoms. The van der Waals surface area contributed by atoms with Gasteiger partial charge >= 0.3 is 0 Å². The molecule has 0 N–H and O–H groups in total. The lowest BCUT2D eigenvalue weighted by molar-refractivity contribution is 0.660. The summed E-state index contributed by atoms with van der Waals surface area (Å²) in [5, 5.41) is 9.69. The first-order valence-electron chi connectivity index (χ1n) is 21.9. The molecule has 300 valence electrons. The van der Waals surface area contributed by atoms with E-state index in [-0.39, 0.29) is 5.41 Å². The Morgan fingerprint density at radius 2 is 0.891 bits per heavy atom. The van der Waals surface area contributed by atoms with E-state index in [4.69, 9.17) is 15.0 Å². The first kappa shape index (κ1) is 36.8. The number of benzene rings is 10. The quantitative estimate of drug-likeness (QED) is 0.173. The summed E-state index contributed by atoms with van der Waals surface area (Å²) in [6.45, 7) is 4.64. The van der Waals surface area contributed by atoms with Gasteiger partial charge in [0.15, 0.2) is 17.5 Å². The van der Waals surface area contributed by atoms with Crippen LogP contribution in [0, 0.1) is 0 Å². The van der Waals surface area contributed by atoms with Crippen LogP contribution in [0.25, 0.3) is 120 Å². The van der Waals surface area contributed by atoms with Crippen LogP contribution in [-0.2, 0) is 5.41 Å². The molecule has 0 radical (unpaired) electrons. The smallest absolute Gasteiger partial charge is 0.164 e. The van der Waals surface area contributed by atoms with Gasteiger partial charge in [0.25, 0.3) is 0 Å². The maximum absolute atomic E-state index is 5.39. The molecule has 2 heterocycles. The molecule has 0 bridgehead atoms. The van der Waals surface area contributed by atoms with E-state index < -0.39 is 0 Å². The standard InChI is InChI=1S/C60H39N3S/c1-60(2)51-23-10-9-19-47(51)48-32-31-42(34-52(48)60)58-61-57(41-30-25-36-13-3-4-15-40(36)33-41)62-59(63-58)50-35-54-56(49-20-8-7-18-46(49)50)55-45(22-12-24-53(55)64-54)39-28-26-38(27-29-39)44-21-11-16-37-14-5-6-17-43(37)44/h3-35H,1-2H3. The lowest BCUT2D eigenvalue weighted by Gasteiger charge is -2.21. The van der Waals surface area contributed by atoms with Gasteiger partial charge in [-0.2, -0.15) is 0 Å². The van der Waals surface area contributed by atoms with Crippen LogP contribution in [0.1, 0.15) is 25.0 Å². The highest BCUT2D eigenvalue weighted by atomic mass is 32.1. The van der Waals surface area contributed by atoms with Crippen LogP contribution in [-0.4, -0.2) is 15.0 Å². The molecular weight excluding hydrogens is 795 g/mol. The fourth-order valence-electron chi connectivity index (χ4n) is 10.3. The zero-order valence-electron chi connectivity index (χ0n) is 35.3. The van der Waals surface area contributed by atoms with Crippen LogP contribution in [0.5, 0.6) is 0 Å². The first-order chi connectivity index (χ1) is 31.5. The van der Waals surface area contributed by atoms with Gasteiger partial charge in [-0.25, -0.2) is 15.0 Å². The van der Waals surface area contributed by atoms with Crippen LogP contribution in [0.2, 0.25) is 0 Å². The lowest BCUT2D eigenvalue weighted by atomic mass is 9.82. The summed E-state index contributed by atoms with van der Waals surface area (Å²) in [6, 6.07) is 72.6. The predicted molar refractivity (Wildman–Crippen MR) is 270 cm³/mol. The second kappa shape index (κ2) is 14.1. The number of thiophene rings is 1. The molecule has 12 aromatic rings. The Morgan fingerprint density at radius 3 is 1.72 bits per heavy atom. The monoisotopic (exact) mass is 833 g/mol. The number of nitrogens with zero attached hydrogens (tertiary/aromatic N) is 3. The van der Waals surface area contributed by atoms with Crippen LogP contribution >= 0.6 is 11.3 Å². The highest BCUT2D eigenvalue weighted by Crippen LogP contribution is 2.50. The molecule has 0 aliphatic heterocycles. The summed E-state index contributed by atoms with van der Waals surface area (Å²) in [4.78, 5) is 16.0. The SMILES string of the molecule is CC1(C)c2ccccc2-c2ccc(-c3nc(-c4ccc5ccccc5c4)nc(-c4cc5sc6cccc(-c7ccc(-c8cccc9ccccc89)cc7)c6c5c5ccccc45)n3)cc21. The number of hydrogen-bond donors (Lipinski definition) is 0. The van der Waals surface area contributed by atoms with Gasteiger partial charge in [0.2, 0.25) is 0 Å². The second-order valence-corrected chi connectivity index (χ2v) is 18.6. The fourth-order valence-corrected chi connectivity index (χ4v) is 11.5. The van der Waals surface area contributed by atoms with Crippen molar-refractivity contribution < 1.29 is 0 Å². The van der Waals surface area contributed by atoms with Gasteiger partial charge in [0, 0.05) is 42.3 Å². The van der Waals surface area contributed by atoms with Crippen molar-refractivity contribution in [3.63, 3.8) is 0 Å². The minimum Gasteiger partial charge on any atom is -0.208 e. The summed E-state index contributed by atoms with van der Waals surface area (Å²) < 4.78 is 2.46. The van der Waals surface area contributed by atoms with Gasteiger partial charge in [-0.3, -0.25) is 0 Å². The minimum atomic E-state index is -0.154. The van der Waals surface area contributed by atoms with Gasteiger partial charge in [0.05, 0.1) is 0 Å². The average molecular weight is 834 g/mol. The number of hydrogen-bond acceptors (Lipinski definition) is 4. The number of rotatable bonds is 5. The van der Waals surface area contributed by atoms with E-state index in [2.05, 4.69) is 214 Å². The maximum atomic E-state index is 5.39. The largest absolute Gasteiger partial charge is 0.208 e. The van der Waals surface area contributed by atoms with Crippen molar-refractivity contribution in [2.24, 2.45) is 0 Å². The number of fused-ring (bicyclic) bond motifs is 10. The molecule has 1 aliphatic carbocycles. The summed E-state index contributed by atoms with van der Waals surface area (Å²) in [5.74, 6) is 1.98. The summed E-state index contributed by atoms with van der Waals surface area (Å²) in [7, 11) is 0. The van der Waals surface area contributed by atoms with E-state index in [0.717, 1.165) is 27.5 Å². The lowest BCUT2D eigenvalue weighted by Crippen LogP contribution is -2.15. The Morgan fingerprint density at radius 1 is 0.328 bits per heavy atom. The Hall–Kier alpha value is -7.79. The first-order valence-corrected chi connectivity index (χ1v) is 22.7. The van der Waals surface area contributed by atoms with Crippen molar-refractivity contribution in [1.82, 2.24) is 15.0 Å². The third-order valence-electron chi connectivity index (χ3n) is 13.5. The third kappa shape index (κ3) is 5.69. The van der Waals surface area contributed by atoms with Crippen molar-refractivity contribution in [3.8, 4) is 67.5 Å². The van der Waals surface area contributed by atoms with Crippen molar-refractivity contribution in [2.75, 3.05) is 0 Å². The van der Waals surface area contributed by atoms with Gasteiger partial charge in [0.1, 0.15) is 0 Å². The molecule has 1 aliphatic rings. The molecular formula is C60H39N3S. The topological polar surface area (TPSA) is 38.7 Å². The van der Waals surface area contributed by atoms with Crippen molar-refractivity contribution in [2.45, 2.75) is 19.3 Å². The van der Waals surface area contributed by atoms with E-state index in [1.54, 1.807) is 0 Å². The number of aromatic nitrogens is 3. The Kier molecular flexibility index (Phi) is 8.12. The summed E-state index contributed by atoms with van der Waals surface area (Å²) >= 11 is 1.83. The van der Waals surface area contributed by atoms with Crippen LogP contribution in [0.4, 0.5) is 0 Å². The Labute approximate surface area is 375 Å². The zero-order valence-corrected chi connectivity index (χ0v) is 36.1. The average Bonchev–Trinajstić information content (AvgIpc) is 3.85. The van der Waals surface area contributed by atoms with Crippen molar-refractivity contribution in [3.05, 3.63) is 211 Å². The van der Waals surface area contributed by atoms with E-state index >= 15 is 0 Å². The van der Waals surface area contributed by atoms with Crippen LogP contribution in [0.15, 0.2) is 200 Å². The zero-order chi connectivity index (χ0) is 42.5. The van der Waals surface area contributed by atoms with Gasteiger partial charge in [-0.05, 0) is 101 Å². The molecule has 0 spiro atoms. The van der Waals surface area contributed by atoms with Gasteiger partial charge < -0.3 is 0 Å². The van der Waals surface area contributed by atoms with Gasteiger partial charge in [-0.1, -0.05) is 190 Å². The molecule has 2 aromatic heterocycles. The fraction of sp³-hybridized carbons (Fsp3) is 0.0500. The predicted octanol–water partition coefficient (Wildman–Crippen LogP) is 16.3. The molecule has 0 atom stereocenters. The maximum Gasteiger partial charge on any atom is 0.164 e. The molecule has 10 aromatic carbocycles. The molecule has 0 saturated carbocycles. The van der Waals surface area contributed by atoms with E-state index in [0.29, 0.717) is 17.5 Å². The molecule has 0 unspecified atom stereocenters. The second-order valence-electron chi connectivity index (χ2n) is 17.5. The van der Waals surface area contributed by atoms with Crippen LogP contribution in [0.3, 0.4) is 0 Å². The van der Waals surface area contributed by atoms with Crippen LogP contribution < -0.4 is 0 Å². The Balaban J connectivity index is 0.993. The molecule has 13 rings (SSSR count). The molecule has 0 saturated heterocycles. The van der Waals surface area contributed by atoms with E-state index in [1.165, 1.54) is 86.2 Å². The highest BCUT2D eigenvalue weighted by Gasteiger charge is 2.35. The van der Waals surface area contributed by atoms with Crippen molar-refractivity contribution in [1.29, 1.82) is 0 Å². The Bertz CT molecular complexity index is 3870. The molecule has 4 heteroatoms. The van der Waals surface area contributed by atoms with E-state index in [9.17, 15) is 0 Å². The molecule has 0 fully saturated rings. The molecule has 0 amide bonds. The normalized spacial score (nSPS) is 13.0. The third-order valence-corrected chi connectivity index (χ3v) is 14.6. The van der Waals surface area contributed by atoms with Crippen molar-refractivity contribution >= 4 is 63.8 Å².